The molecule has 0 spiro atoms. The van der Waals surface area contributed by atoms with Gasteiger partial charge in [0.25, 0.3) is 0 Å². The molecule has 0 bridgehead atoms. The minimum absolute atomic E-state index is 0.0271. The van der Waals surface area contributed by atoms with E-state index in [9.17, 15) is 9.59 Å². The van der Waals surface area contributed by atoms with E-state index < -0.39 is 5.97 Å². The van der Waals surface area contributed by atoms with E-state index in [-0.39, 0.29) is 24.2 Å². The number of carbonyl (C=O) groups is 1. The molecular weight excluding hydrogens is 354 g/mol. The van der Waals surface area contributed by atoms with Crippen LogP contribution in [0.2, 0.25) is 0 Å². The van der Waals surface area contributed by atoms with Gasteiger partial charge in [-0.3, -0.25) is 4.79 Å². The van der Waals surface area contributed by atoms with Crippen LogP contribution in [0.1, 0.15) is 34.2 Å². The summed E-state index contributed by atoms with van der Waals surface area (Å²) in [5.74, 6) is 0.0403. The van der Waals surface area contributed by atoms with Crippen LogP contribution in [0.3, 0.4) is 0 Å². The molecular formula is C23H23NO4. The Bertz CT molecular complexity index is 994. The number of carbonyl (C=O) groups excluding carboxylic acids is 1. The van der Waals surface area contributed by atoms with Crippen LogP contribution in [-0.2, 0) is 17.9 Å². The largest absolute Gasteiger partial charge is 0.487 e. The van der Waals surface area contributed by atoms with Gasteiger partial charge in [-0.1, -0.05) is 48.5 Å². The molecule has 0 aliphatic carbocycles. The van der Waals surface area contributed by atoms with Gasteiger partial charge in [-0.25, -0.2) is 4.79 Å². The molecule has 0 amide bonds. The first-order chi connectivity index (χ1) is 13.6. The van der Waals surface area contributed by atoms with E-state index in [4.69, 9.17) is 9.47 Å². The lowest BCUT2D eigenvalue weighted by Gasteiger charge is -2.20. The molecule has 0 unspecified atom stereocenters. The summed E-state index contributed by atoms with van der Waals surface area (Å²) in [6.45, 7) is 4.37. The number of nitrogens with zero attached hydrogens (tertiary/aromatic N) is 1. The molecule has 5 nitrogen and oxygen atoms in total. The molecule has 1 aromatic heterocycles. The zero-order valence-corrected chi connectivity index (χ0v) is 16.1. The Morgan fingerprint density at radius 1 is 1.00 bits per heavy atom. The van der Waals surface area contributed by atoms with E-state index in [1.165, 1.54) is 6.07 Å². The van der Waals surface area contributed by atoms with Gasteiger partial charge in [0, 0.05) is 18.3 Å². The summed E-state index contributed by atoms with van der Waals surface area (Å²) in [5, 5.41) is 0. The van der Waals surface area contributed by atoms with Gasteiger partial charge in [0.05, 0.1) is 12.3 Å². The molecule has 144 valence electrons. The average molecular weight is 377 g/mol. The number of hydrogen-bond donors (Lipinski definition) is 0. The predicted octanol–water partition coefficient (Wildman–Crippen LogP) is 3.96. The minimum Gasteiger partial charge on any atom is -0.487 e. The molecule has 0 aliphatic rings. The van der Waals surface area contributed by atoms with Crippen molar-refractivity contribution in [1.82, 2.24) is 4.57 Å². The zero-order valence-electron chi connectivity index (χ0n) is 16.1. The molecule has 2 aromatic carbocycles. The average Bonchev–Trinajstić information content (AvgIpc) is 2.70. The maximum Gasteiger partial charge on any atom is 0.344 e. The first kappa shape index (κ1) is 19.4. The Hall–Kier alpha value is -3.34. The summed E-state index contributed by atoms with van der Waals surface area (Å²) < 4.78 is 13.0. The number of para-hydroxylation sites is 1. The van der Waals surface area contributed by atoms with Crippen molar-refractivity contribution in [2.45, 2.75) is 27.0 Å². The molecule has 28 heavy (non-hydrogen) atoms. The van der Waals surface area contributed by atoms with E-state index in [0.29, 0.717) is 18.0 Å². The number of esters is 1. The molecule has 0 fully saturated rings. The first-order valence-electron chi connectivity index (χ1n) is 9.22. The third kappa shape index (κ3) is 4.49. The van der Waals surface area contributed by atoms with Gasteiger partial charge in [-0.15, -0.1) is 0 Å². The van der Waals surface area contributed by atoms with E-state index >= 15 is 0 Å². The summed E-state index contributed by atoms with van der Waals surface area (Å²) in [6, 6.07) is 20.6. The molecule has 0 saturated heterocycles. The Balaban J connectivity index is 2.06. The van der Waals surface area contributed by atoms with Gasteiger partial charge >= 0.3 is 5.97 Å². The van der Waals surface area contributed by atoms with Gasteiger partial charge in [-0.2, -0.15) is 0 Å². The lowest BCUT2D eigenvalue weighted by molar-refractivity contribution is 0.0520. The number of ether oxygens (including phenoxy) is 2. The van der Waals surface area contributed by atoms with E-state index in [0.717, 1.165) is 11.3 Å². The molecule has 0 saturated carbocycles. The standard InChI is InChI=1S/C23H23NO4/c1-3-27-23(26)22-20(16-28-19-12-8-5-9-13-19)24(17(2)14-21(22)25)15-18-10-6-4-7-11-18/h4-14H,3,15-16H2,1-2H3. The van der Waals surface area contributed by atoms with Gasteiger partial charge in [0.1, 0.15) is 17.9 Å². The number of aryl methyl sites for hydroxylation is 1. The van der Waals surface area contributed by atoms with Crippen molar-refractivity contribution < 1.29 is 14.3 Å². The second-order valence-corrected chi connectivity index (χ2v) is 6.37. The van der Waals surface area contributed by atoms with Crippen molar-refractivity contribution in [3.63, 3.8) is 0 Å². The van der Waals surface area contributed by atoms with Crippen molar-refractivity contribution in [2.24, 2.45) is 0 Å². The molecule has 3 rings (SSSR count). The number of pyridine rings is 1. The Morgan fingerprint density at radius 3 is 2.29 bits per heavy atom. The van der Waals surface area contributed by atoms with Crippen LogP contribution < -0.4 is 10.2 Å². The summed E-state index contributed by atoms with van der Waals surface area (Å²) in [5.41, 5.74) is 2.00. The Kier molecular flexibility index (Phi) is 6.27. The Labute approximate surface area is 164 Å². The van der Waals surface area contributed by atoms with E-state index in [1.54, 1.807) is 6.92 Å². The highest BCUT2D eigenvalue weighted by molar-refractivity contribution is 5.90. The summed E-state index contributed by atoms with van der Waals surface area (Å²) in [7, 11) is 0. The highest BCUT2D eigenvalue weighted by atomic mass is 16.5. The number of benzene rings is 2. The highest BCUT2D eigenvalue weighted by Gasteiger charge is 2.22. The van der Waals surface area contributed by atoms with Crippen LogP contribution in [0, 0.1) is 6.92 Å². The third-order valence-electron chi connectivity index (χ3n) is 4.41. The minimum atomic E-state index is -0.624. The predicted molar refractivity (Wildman–Crippen MR) is 108 cm³/mol. The zero-order chi connectivity index (χ0) is 19.9. The normalized spacial score (nSPS) is 10.5. The van der Waals surface area contributed by atoms with Crippen molar-refractivity contribution >= 4 is 5.97 Å². The van der Waals surface area contributed by atoms with Crippen LogP contribution in [0.5, 0.6) is 5.75 Å². The summed E-state index contributed by atoms with van der Waals surface area (Å²) >= 11 is 0. The third-order valence-corrected chi connectivity index (χ3v) is 4.41. The van der Waals surface area contributed by atoms with Crippen LogP contribution in [-0.4, -0.2) is 17.1 Å². The van der Waals surface area contributed by atoms with Gasteiger partial charge in [0.15, 0.2) is 5.43 Å². The maximum absolute atomic E-state index is 12.6. The summed E-state index contributed by atoms with van der Waals surface area (Å²) in [6.07, 6.45) is 0. The fourth-order valence-corrected chi connectivity index (χ4v) is 3.06. The highest BCUT2D eigenvalue weighted by Crippen LogP contribution is 2.17. The van der Waals surface area contributed by atoms with E-state index in [1.807, 2.05) is 72.2 Å². The SMILES string of the molecule is CCOC(=O)c1c(COc2ccccc2)n(Cc2ccccc2)c(C)cc1=O. The second kappa shape index (κ2) is 9.04. The first-order valence-corrected chi connectivity index (χ1v) is 9.22. The van der Waals surface area contributed by atoms with Gasteiger partial charge in [-0.05, 0) is 31.5 Å². The summed E-state index contributed by atoms with van der Waals surface area (Å²) in [4.78, 5) is 25.1. The van der Waals surface area contributed by atoms with Crippen LogP contribution >= 0.6 is 0 Å². The van der Waals surface area contributed by atoms with Crippen molar-refractivity contribution in [2.75, 3.05) is 6.61 Å². The van der Waals surface area contributed by atoms with E-state index in [2.05, 4.69) is 0 Å². The molecule has 0 atom stereocenters. The monoisotopic (exact) mass is 377 g/mol. The number of hydrogen-bond acceptors (Lipinski definition) is 4. The smallest absolute Gasteiger partial charge is 0.344 e. The lowest BCUT2D eigenvalue weighted by atomic mass is 10.1. The quantitative estimate of drug-likeness (QED) is 0.585. The van der Waals surface area contributed by atoms with Gasteiger partial charge < -0.3 is 14.0 Å². The van der Waals surface area contributed by atoms with Crippen LogP contribution in [0.4, 0.5) is 0 Å². The van der Waals surface area contributed by atoms with Crippen molar-refractivity contribution in [3.05, 3.63) is 99.5 Å². The molecule has 0 aliphatic heterocycles. The van der Waals surface area contributed by atoms with Crippen LogP contribution in [0.15, 0.2) is 71.5 Å². The fraction of sp³-hybridized carbons (Fsp3) is 0.217. The van der Waals surface area contributed by atoms with Crippen molar-refractivity contribution in [1.29, 1.82) is 0 Å². The second-order valence-electron chi connectivity index (χ2n) is 6.37. The lowest BCUT2D eigenvalue weighted by Crippen LogP contribution is -2.27. The van der Waals surface area contributed by atoms with Gasteiger partial charge in [0.2, 0.25) is 0 Å². The topological polar surface area (TPSA) is 57.5 Å². The molecule has 1 heterocycles. The fourth-order valence-electron chi connectivity index (χ4n) is 3.06. The maximum atomic E-state index is 12.6. The molecule has 0 radical (unpaired) electrons. The molecule has 0 N–H and O–H groups in total. The number of rotatable bonds is 7. The van der Waals surface area contributed by atoms with Crippen molar-refractivity contribution in [3.8, 4) is 5.75 Å². The number of aromatic nitrogens is 1. The molecule has 5 heteroatoms. The van der Waals surface area contributed by atoms with Crippen LogP contribution in [0.25, 0.3) is 0 Å². The molecule has 3 aromatic rings. The Morgan fingerprint density at radius 2 is 1.64 bits per heavy atom.